The van der Waals surface area contributed by atoms with E-state index in [2.05, 4.69) is 15.2 Å². The van der Waals surface area contributed by atoms with E-state index in [-0.39, 0.29) is 53.6 Å². The zero-order chi connectivity index (χ0) is 46.6. The summed E-state index contributed by atoms with van der Waals surface area (Å²) in [6, 6.07) is 2.94. The second-order valence-corrected chi connectivity index (χ2v) is 15.8. The molecule has 3 unspecified atom stereocenters. The quantitative estimate of drug-likeness (QED) is 0.0519. The normalized spacial score (nSPS) is 17.5. The van der Waals surface area contributed by atoms with Gasteiger partial charge in [-0.1, -0.05) is 24.6 Å². The Morgan fingerprint density at radius 2 is 1.44 bits per heavy atom. The number of allylic oxidation sites excluding steroid dienone is 3. The SMILES string of the molecule is O=C1C=CC2C(=C1)Oc1cc(O)ccc1C2c1ccc(C(=O)NCCCCCC(=O)N[C@@H](CCC(=O)N[C@@H](COP(=O)(O)N[C@@H](CC(=O)O)C(=O)O)C(=O)O)C(=O)O)cc1C(=O)O. The lowest BCUT2D eigenvalue weighted by molar-refractivity contribution is -0.145. The van der Waals surface area contributed by atoms with E-state index in [4.69, 9.17) is 14.9 Å². The number of hydrogen-bond acceptors (Lipinski definition) is 13. The van der Waals surface area contributed by atoms with Crippen molar-refractivity contribution < 1.29 is 92.5 Å². The van der Waals surface area contributed by atoms with Gasteiger partial charge in [0.15, 0.2) is 11.8 Å². The Morgan fingerprint density at radius 1 is 0.794 bits per heavy atom. The average Bonchev–Trinajstić information content (AvgIpc) is 3.20. The number of aliphatic carboxylic acids is 4. The van der Waals surface area contributed by atoms with Crippen LogP contribution in [0.1, 0.15) is 82.7 Å². The molecule has 2 aromatic rings. The van der Waals surface area contributed by atoms with Crippen LogP contribution in [0.15, 0.2) is 60.4 Å². The smallest absolute Gasteiger partial charge is 0.403 e. The van der Waals surface area contributed by atoms with Gasteiger partial charge in [0.1, 0.15) is 29.3 Å². The number of carbonyl (C=O) groups excluding carboxylic acids is 4. The highest BCUT2D eigenvalue weighted by molar-refractivity contribution is 7.50. The minimum Gasteiger partial charge on any atom is -0.508 e. The zero-order valence-corrected chi connectivity index (χ0v) is 33.8. The van der Waals surface area contributed by atoms with Gasteiger partial charge in [-0.2, -0.15) is 0 Å². The van der Waals surface area contributed by atoms with Gasteiger partial charge in [-0.25, -0.2) is 24.0 Å². The molecule has 11 N–H and O–H groups in total. The number of carboxylic acids is 5. The summed E-state index contributed by atoms with van der Waals surface area (Å²) in [5, 5.41) is 65.4. The summed E-state index contributed by atoms with van der Waals surface area (Å²) in [5.74, 6) is -11.5. The molecule has 0 bridgehead atoms. The second-order valence-electron chi connectivity index (χ2n) is 14.2. The van der Waals surface area contributed by atoms with E-state index in [0.29, 0.717) is 24.0 Å². The first kappa shape index (κ1) is 48.7. The molecule has 0 aromatic heterocycles. The highest BCUT2D eigenvalue weighted by Crippen LogP contribution is 2.49. The highest BCUT2D eigenvalue weighted by atomic mass is 31.2. The third-order valence-electron chi connectivity index (χ3n) is 9.59. The Balaban J connectivity index is 1.23. The number of carbonyl (C=O) groups is 9. The van der Waals surface area contributed by atoms with Crippen LogP contribution in [0.2, 0.25) is 0 Å². The molecule has 1 aliphatic carbocycles. The number of nitrogens with one attached hydrogen (secondary N) is 4. The van der Waals surface area contributed by atoms with Crippen LogP contribution >= 0.6 is 7.75 Å². The highest BCUT2D eigenvalue weighted by Gasteiger charge is 2.39. The predicted molar refractivity (Wildman–Crippen MR) is 211 cm³/mol. The number of phenols is 1. The number of fused-ring (bicyclic) bond motifs is 2. The van der Waals surface area contributed by atoms with Crippen LogP contribution < -0.4 is 25.8 Å². The maximum Gasteiger partial charge on any atom is 0.403 e. The number of ketones is 1. The minimum absolute atomic E-state index is 0.0489. The Bertz CT molecular complexity index is 2280. The van der Waals surface area contributed by atoms with Crippen LogP contribution in [0.3, 0.4) is 0 Å². The largest absolute Gasteiger partial charge is 0.508 e. The number of hydrogen-bond donors (Lipinski definition) is 11. The van der Waals surface area contributed by atoms with Crippen molar-refractivity contribution in [3.63, 3.8) is 0 Å². The third-order valence-corrected chi connectivity index (χ3v) is 10.7. The lowest BCUT2D eigenvalue weighted by atomic mass is 9.74. The first-order valence-electron chi connectivity index (χ1n) is 19.0. The molecule has 2 aliphatic rings. The van der Waals surface area contributed by atoms with Crippen LogP contribution in [-0.4, -0.2) is 120 Å². The third kappa shape index (κ3) is 14.0. The van der Waals surface area contributed by atoms with Crippen LogP contribution in [0.5, 0.6) is 11.5 Å². The van der Waals surface area contributed by atoms with Gasteiger partial charge in [-0.05, 0) is 49.1 Å². The van der Waals surface area contributed by atoms with Crippen molar-refractivity contribution in [3.8, 4) is 11.5 Å². The summed E-state index contributed by atoms with van der Waals surface area (Å²) in [6.45, 7) is -1.06. The topological polar surface area (TPSA) is 379 Å². The minimum atomic E-state index is -5.10. The number of phenolic OH excluding ortho intramolecular Hbond substituents is 1. The van der Waals surface area contributed by atoms with Gasteiger partial charge in [-0.3, -0.25) is 33.3 Å². The number of ether oxygens (including phenoxy) is 1. The molecule has 0 radical (unpaired) electrons. The Labute approximate surface area is 356 Å². The lowest BCUT2D eigenvalue weighted by Crippen LogP contribution is -2.46. The summed E-state index contributed by atoms with van der Waals surface area (Å²) < 4.78 is 22.6. The summed E-state index contributed by atoms with van der Waals surface area (Å²) in [5.41, 5.74) is 0.782. The molecule has 23 nitrogen and oxygen atoms in total. The zero-order valence-electron chi connectivity index (χ0n) is 32.9. The molecule has 24 heteroatoms. The second kappa shape index (κ2) is 21.7. The van der Waals surface area contributed by atoms with Crippen molar-refractivity contribution in [1.82, 2.24) is 21.0 Å². The standard InChI is InChI=1S/C39H43N4O19P/c44-20-6-9-23-29(15-20)62-30-16-21(45)7-10-24(30)34(23)22-8-5-19(14-25(22)36(51)52)35(50)40-13-3-1-2-4-31(46)41-26(37(53)54)11-12-32(47)42-28(39(57)58)18-61-63(59,60)43-27(38(55)56)17-33(48)49/h5-10,14-16,23,26-28,34,45H,1-4,11-13,17-18H2,(H,40,50)(H,41,46)(H,42,47)(H,48,49)(H,51,52)(H,53,54)(H,55,56)(H,57,58)(H2,43,59,60)/t23?,26-,27-,28-,34?/m0/s1. The molecule has 3 amide bonds. The Hall–Kier alpha value is -6.94. The number of aromatic carboxylic acids is 1. The molecule has 0 spiro atoms. The van der Waals surface area contributed by atoms with Gasteiger partial charge in [0.2, 0.25) is 11.8 Å². The van der Waals surface area contributed by atoms with Crippen LogP contribution in [0.4, 0.5) is 0 Å². The van der Waals surface area contributed by atoms with Crippen molar-refractivity contribution in [2.45, 2.75) is 69.0 Å². The molecule has 0 saturated heterocycles. The first-order chi connectivity index (χ1) is 29.6. The molecular formula is C39H43N4O19P. The number of amides is 3. The fourth-order valence-electron chi connectivity index (χ4n) is 6.56. The van der Waals surface area contributed by atoms with Crippen molar-refractivity contribution in [2.75, 3.05) is 13.2 Å². The van der Waals surface area contributed by atoms with Crippen molar-refractivity contribution in [2.24, 2.45) is 5.92 Å². The van der Waals surface area contributed by atoms with E-state index >= 15 is 0 Å². The number of unbranched alkanes of at least 4 members (excludes halogenated alkanes) is 2. The van der Waals surface area contributed by atoms with Crippen molar-refractivity contribution in [1.29, 1.82) is 0 Å². The fraction of sp³-hybridized carbons (Fsp3) is 0.359. The van der Waals surface area contributed by atoms with E-state index in [1.807, 2.05) is 5.32 Å². The molecule has 0 saturated carbocycles. The summed E-state index contributed by atoms with van der Waals surface area (Å²) >= 11 is 0. The number of carboxylic acid groups (broad SMARTS) is 5. The molecule has 63 heavy (non-hydrogen) atoms. The van der Waals surface area contributed by atoms with Gasteiger partial charge >= 0.3 is 37.6 Å². The Morgan fingerprint density at radius 3 is 2.10 bits per heavy atom. The van der Waals surface area contributed by atoms with E-state index in [9.17, 15) is 73.0 Å². The van der Waals surface area contributed by atoms with E-state index in [1.165, 1.54) is 42.5 Å². The van der Waals surface area contributed by atoms with Crippen LogP contribution in [0, 0.1) is 5.92 Å². The maximum absolute atomic E-state index is 13.0. The van der Waals surface area contributed by atoms with E-state index in [1.54, 1.807) is 17.2 Å². The number of rotatable bonds is 24. The molecule has 1 heterocycles. The summed E-state index contributed by atoms with van der Waals surface area (Å²) in [4.78, 5) is 118. The Kier molecular flexibility index (Phi) is 16.8. The maximum atomic E-state index is 13.0. The molecule has 1 aliphatic heterocycles. The molecule has 4 rings (SSSR count). The first-order valence-corrected chi connectivity index (χ1v) is 20.6. The number of benzene rings is 2. The summed E-state index contributed by atoms with van der Waals surface area (Å²) in [6.07, 6.45) is 2.86. The van der Waals surface area contributed by atoms with Crippen molar-refractivity contribution >= 4 is 61.1 Å². The molecule has 6 atom stereocenters. The van der Waals surface area contributed by atoms with Crippen LogP contribution in [0.25, 0.3) is 0 Å². The average molecular weight is 903 g/mol. The van der Waals surface area contributed by atoms with Gasteiger partial charge in [-0.15, -0.1) is 0 Å². The molecular weight excluding hydrogens is 859 g/mol. The van der Waals surface area contributed by atoms with Crippen molar-refractivity contribution in [3.05, 3.63) is 82.6 Å². The predicted octanol–water partition coefficient (Wildman–Crippen LogP) is 1.10. The fourth-order valence-corrected chi connectivity index (χ4v) is 7.58. The van der Waals surface area contributed by atoms with Gasteiger partial charge in [0, 0.05) is 54.5 Å². The van der Waals surface area contributed by atoms with Gasteiger partial charge in [0.25, 0.3) is 5.91 Å². The molecule has 0 fully saturated rings. The van der Waals surface area contributed by atoms with Gasteiger partial charge < -0.3 is 56.2 Å². The molecule has 2 aromatic carbocycles. The molecule has 338 valence electrons. The monoisotopic (exact) mass is 902 g/mol. The van der Waals surface area contributed by atoms with Crippen LogP contribution in [-0.2, 0) is 42.7 Å². The van der Waals surface area contributed by atoms with E-state index in [0.717, 1.165) is 0 Å². The van der Waals surface area contributed by atoms with E-state index < -0.39 is 111 Å². The number of aromatic hydroxyl groups is 1. The lowest BCUT2D eigenvalue weighted by Gasteiger charge is -2.35. The summed E-state index contributed by atoms with van der Waals surface area (Å²) in [7, 11) is -5.10. The van der Waals surface area contributed by atoms with Gasteiger partial charge in [0.05, 0.1) is 18.6 Å².